The van der Waals surface area contributed by atoms with Crippen LogP contribution in [0.1, 0.15) is 49.9 Å². The minimum atomic E-state index is -1.25. The quantitative estimate of drug-likeness (QED) is 0.258. The number of fused-ring (bicyclic) bond motifs is 1. The van der Waals surface area contributed by atoms with Gasteiger partial charge < -0.3 is 28.3 Å². The fraction of sp³-hybridized carbons (Fsp3) is 0.429. The number of nitrogens with zero attached hydrogens (tertiary/aromatic N) is 1. The molecular formula is C28H30BrNO9S. The molecule has 0 amide bonds. The van der Waals surface area contributed by atoms with Crippen LogP contribution in [0.3, 0.4) is 0 Å². The van der Waals surface area contributed by atoms with Crippen LogP contribution >= 0.6 is 27.3 Å². The number of carbonyl (C=O) groups excluding carboxylic acids is 4. The topological polar surface area (TPSA) is 119 Å². The van der Waals surface area contributed by atoms with Crippen molar-refractivity contribution in [2.45, 2.75) is 71.7 Å². The minimum Gasteiger partial charge on any atom is -0.463 e. The number of halogens is 1. The minimum absolute atomic E-state index is 0.289. The third kappa shape index (κ3) is 6.73. The van der Waals surface area contributed by atoms with E-state index in [1.54, 1.807) is 11.3 Å². The van der Waals surface area contributed by atoms with Crippen LogP contribution in [0.5, 0.6) is 0 Å². The van der Waals surface area contributed by atoms with Crippen molar-refractivity contribution in [2.75, 3.05) is 6.61 Å². The highest BCUT2D eigenvalue weighted by Gasteiger charge is 2.53. The Kier molecular flexibility index (Phi) is 9.32. The molecule has 12 heteroatoms. The fourth-order valence-corrected chi connectivity index (χ4v) is 6.50. The number of carbonyl (C=O) groups is 4. The Labute approximate surface area is 243 Å². The normalized spacial score (nSPS) is 22.5. The summed E-state index contributed by atoms with van der Waals surface area (Å²) < 4.78 is 31.3. The summed E-state index contributed by atoms with van der Waals surface area (Å²) in [6, 6.07) is 9.87. The standard InChI is InChI=1S/C28H30BrNO9S/c1-14-7-6-8-21-24(14)19(11-20-9-10-23(29)40-20)12-30(21)28-27(38-18(5)34)26(37-17(4)33)25(36-16(3)32)22(39-28)13-35-15(2)31/h6-10,12,22,25-28H,11,13H2,1-5H3/t22-,25-,26+,27-,28-/m1/s1. The van der Waals surface area contributed by atoms with Crippen molar-refractivity contribution in [1.29, 1.82) is 0 Å². The van der Waals surface area contributed by atoms with Gasteiger partial charge in [-0.05, 0) is 52.2 Å². The maximum absolute atomic E-state index is 12.3. The Balaban J connectivity index is 1.87. The SMILES string of the molecule is CC(=O)OC[C@H]1O[C@@H](n2cc(Cc3ccc(Br)s3)c3c(C)cccc32)[C@H](OC(C)=O)[C@@H](OC(C)=O)[C@@H]1OC(C)=O. The highest BCUT2D eigenvalue weighted by atomic mass is 79.9. The van der Waals surface area contributed by atoms with Crippen LogP contribution in [-0.4, -0.2) is 59.5 Å². The molecule has 1 aliphatic rings. The summed E-state index contributed by atoms with van der Waals surface area (Å²) in [5, 5.41) is 1.000. The summed E-state index contributed by atoms with van der Waals surface area (Å²) >= 11 is 5.15. The molecule has 0 N–H and O–H groups in total. The summed E-state index contributed by atoms with van der Waals surface area (Å²) in [5.41, 5.74) is 2.84. The van der Waals surface area contributed by atoms with Crippen molar-refractivity contribution >= 4 is 62.0 Å². The lowest BCUT2D eigenvalue weighted by atomic mass is 9.97. The predicted molar refractivity (Wildman–Crippen MR) is 149 cm³/mol. The third-order valence-corrected chi connectivity index (χ3v) is 8.00. The Morgan fingerprint density at radius 3 is 2.15 bits per heavy atom. The maximum Gasteiger partial charge on any atom is 0.303 e. The number of ether oxygens (including phenoxy) is 5. The Morgan fingerprint density at radius 1 is 0.900 bits per heavy atom. The highest BCUT2D eigenvalue weighted by molar-refractivity contribution is 9.11. The van der Waals surface area contributed by atoms with Crippen molar-refractivity contribution in [2.24, 2.45) is 0 Å². The van der Waals surface area contributed by atoms with Crippen molar-refractivity contribution in [3.63, 3.8) is 0 Å². The molecule has 1 aromatic carbocycles. The largest absolute Gasteiger partial charge is 0.463 e. The molecule has 40 heavy (non-hydrogen) atoms. The van der Waals surface area contributed by atoms with E-state index in [0.717, 1.165) is 30.7 Å². The molecule has 1 aliphatic heterocycles. The monoisotopic (exact) mass is 635 g/mol. The zero-order chi connectivity index (χ0) is 29.1. The second kappa shape index (κ2) is 12.5. The van der Waals surface area contributed by atoms with Gasteiger partial charge in [0.2, 0.25) is 0 Å². The first-order valence-electron chi connectivity index (χ1n) is 12.6. The van der Waals surface area contributed by atoms with Gasteiger partial charge in [0, 0.05) is 50.6 Å². The van der Waals surface area contributed by atoms with Gasteiger partial charge in [0.25, 0.3) is 0 Å². The first-order chi connectivity index (χ1) is 18.9. The van der Waals surface area contributed by atoms with E-state index in [0.29, 0.717) is 6.42 Å². The van der Waals surface area contributed by atoms with Gasteiger partial charge >= 0.3 is 23.9 Å². The smallest absolute Gasteiger partial charge is 0.303 e. The lowest BCUT2D eigenvalue weighted by Gasteiger charge is -2.44. The summed E-state index contributed by atoms with van der Waals surface area (Å²) in [7, 11) is 0. The molecule has 214 valence electrons. The van der Waals surface area contributed by atoms with Gasteiger partial charge in [-0.1, -0.05) is 12.1 Å². The van der Waals surface area contributed by atoms with Crippen LogP contribution in [0.15, 0.2) is 40.3 Å². The maximum atomic E-state index is 12.3. The third-order valence-electron chi connectivity index (χ3n) is 6.38. The number of hydrogen-bond donors (Lipinski definition) is 0. The van der Waals surface area contributed by atoms with Crippen LogP contribution in [0.25, 0.3) is 10.9 Å². The Hall–Kier alpha value is -3.22. The number of esters is 4. The molecule has 0 saturated carbocycles. The van der Waals surface area contributed by atoms with Gasteiger partial charge in [0.1, 0.15) is 12.7 Å². The number of aryl methyl sites for hydroxylation is 1. The molecule has 0 bridgehead atoms. The van der Waals surface area contributed by atoms with E-state index < -0.39 is 54.5 Å². The van der Waals surface area contributed by atoms with E-state index in [1.807, 2.05) is 48.0 Å². The predicted octanol–water partition coefficient (Wildman–Crippen LogP) is 4.62. The fourth-order valence-electron chi connectivity index (χ4n) is 5.00. The van der Waals surface area contributed by atoms with Gasteiger partial charge in [-0.2, -0.15) is 0 Å². The summed E-state index contributed by atoms with van der Waals surface area (Å²) in [6.45, 7) is 6.58. The van der Waals surface area contributed by atoms with E-state index in [-0.39, 0.29) is 6.61 Å². The van der Waals surface area contributed by atoms with E-state index in [1.165, 1.54) is 27.7 Å². The van der Waals surface area contributed by atoms with Crippen molar-refractivity contribution in [1.82, 2.24) is 4.57 Å². The molecule has 1 fully saturated rings. The van der Waals surface area contributed by atoms with Crippen LogP contribution in [0, 0.1) is 6.92 Å². The number of rotatable bonds is 8. The van der Waals surface area contributed by atoms with Crippen LogP contribution in [-0.2, 0) is 49.3 Å². The van der Waals surface area contributed by atoms with Gasteiger partial charge in [-0.15, -0.1) is 11.3 Å². The lowest BCUT2D eigenvalue weighted by Crippen LogP contribution is -2.60. The van der Waals surface area contributed by atoms with Crippen molar-refractivity contribution in [3.05, 3.63) is 56.3 Å². The summed E-state index contributed by atoms with van der Waals surface area (Å²) in [4.78, 5) is 49.4. The summed E-state index contributed by atoms with van der Waals surface area (Å²) in [6.07, 6.45) is -3.15. The van der Waals surface area contributed by atoms with Gasteiger partial charge in [-0.3, -0.25) is 19.2 Å². The molecule has 1 saturated heterocycles. The first-order valence-corrected chi connectivity index (χ1v) is 14.2. The second-order valence-electron chi connectivity index (χ2n) is 9.50. The number of aromatic nitrogens is 1. The van der Waals surface area contributed by atoms with Crippen LogP contribution < -0.4 is 0 Å². The molecule has 4 rings (SSSR count). The summed E-state index contributed by atoms with van der Waals surface area (Å²) in [5.74, 6) is -2.57. The molecule has 5 atom stereocenters. The molecule has 3 aromatic rings. The van der Waals surface area contributed by atoms with E-state index in [2.05, 4.69) is 15.9 Å². The molecule has 3 heterocycles. The molecule has 0 radical (unpaired) electrons. The van der Waals surface area contributed by atoms with Crippen molar-refractivity contribution < 1.29 is 42.9 Å². The molecule has 10 nitrogen and oxygen atoms in total. The lowest BCUT2D eigenvalue weighted by molar-refractivity contribution is -0.267. The van der Waals surface area contributed by atoms with E-state index >= 15 is 0 Å². The Morgan fingerprint density at radius 2 is 1.55 bits per heavy atom. The molecule has 2 aromatic heterocycles. The van der Waals surface area contributed by atoms with E-state index in [9.17, 15) is 19.2 Å². The van der Waals surface area contributed by atoms with E-state index in [4.69, 9.17) is 23.7 Å². The number of hydrogen-bond acceptors (Lipinski definition) is 10. The van der Waals surface area contributed by atoms with Crippen LogP contribution in [0.2, 0.25) is 0 Å². The van der Waals surface area contributed by atoms with Gasteiger partial charge in [0.15, 0.2) is 24.5 Å². The highest BCUT2D eigenvalue weighted by Crippen LogP contribution is 2.39. The number of benzene rings is 1. The molecule has 0 unspecified atom stereocenters. The van der Waals surface area contributed by atoms with Crippen LogP contribution in [0.4, 0.5) is 0 Å². The Bertz CT molecular complexity index is 1430. The average molecular weight is 637 g/mol. The van der Waals surface area contributed by atoms with Gasteiger partial charge in [0.05, 0.1) is 9.30 Å². The number of thiophene rings is 1. The molecule has 0 spiro atoms. The zero-order valence-corrected chi connectivity index (χ0v) is 25.1. The molecular weight excluding hydrogens is 606 g/mol. The van der Waals surface area contributed by atoms with Crippen molar-refractivity contribution in [3.8, 4) is 0 Å². The zero-order valence-electron chi connectivity index (χ0n) is 22.7. The van der Waals surface area contributed by atoms with Gasteiger partial charge in [-0.25, -0.2) is 0 Å². The molecule has 0 aliphatic carbocycles. The second-order valence-corrected chi connectivity index (χ2v) is 12.1. The average Bonchev–Trinajstić information content (AvgIpc) is 3.43. The first kappa shape index (κ1) is 29.8.